The second kappa shape index (κ2) is 4.95. The SMILES string of the molecule is COc1ccc([C@H](N)CO)cc1CO. The van der Waals surface area contributed by atoms with Crippen molar-refractivity contribution in [1.82, 2.24) is 0 Å². The molecule has 1 aromatic carbocycles. The fourth-order valence-corrected chi connectivity index (χ4v) is 1.26. The number of hydrogen-bond acceptors (Lipinski definition) is 4. The van der Waals surface area contributed by atoms with Gasteiger partial charge in [-0.15, -0.1) is 0 Å². The molecule has 0 fully saturated rings. The first-order valence-electron chi connectivity index (χ1n) is 4.37. The summed E-state index contributed by atoms with van der Waals surface area (Å²) in [5.74, 6) is 0.626. The third-order valence-electron chi connectivity index (χ3n) is 2.10. The van der Waals surface area contributed by atoms with Crippen LogP contribution in [0.1, 0.15) is 17.2 Å². The third-order valence-corrected chi connectivity index (χ3v) is 2.10. The van der Waals surface area contributed by atoms with Crippen LogP contribution in [0.4, 0.5) is 0 Å². The maximum Gasteiger partial charge on any atom is 0.124 e. The zero-order valence-corrected chi connectivity index (χ0v) is 8.10. The van der Waals surface area contributed by atoms with Gasteiger partial charge in [0.25, 0.3) is 0 Å². The average molecular weight is 197 g/mol. The predicted octanol–water partition coefficient (Wildman–Crippen LogP) is 0.180. The molecule has 0 heterocycles. The van der Waals surface area contributed by atoms with E-state index in [1.165, 1.54) is 0 Å². The first-order valence-corrected chi connectivity index (χ1v) is 4.37. The summed E-state index contributed by atoms with van der Waals surface area (Å²) in [5.41, 5.74) is 7.10. The Hall–Kier alpha value is -1.10. The number of rotatable bonds is 4. The summed E-state index contributed by atoms with van der Waals surface area (Å²) >= 11 is 0. The van der Waals surface area contributed by atoms with Gasteiger partial charge in [-0.3, -0.25) is 0 Å². The lowest BCUT2D eigenvalue weighted by atomic mass is 10.0. The van der Waals surface area contributed by atoms with Gasteiger partial charge in [-0.25, -0.2) is 0 Å². The van der Waals surface area contributed by atoms with E-state index in [4.69, 9.17) is 20.7 Å². The van der Waals surface area contributed by atoms with Crippen LogP contribution in [0.25, 0.3) is 0 Å². The molecule has 1 aromatic rings. The Morgan fingerprint density at radius 3 is 2.64 bits per heavy atom. The van der Waals surface area contributed by atoms with E-state index in [0.717, 1.165) is 5.56 Å². The maximum atomic E-state index is 9.05. The Morgan fingerprint density at radius 2 is 2.14 bits per heavy atom. The van der Waals surface area contributed by atoms with Crippen molar-refractivity contribution in [2.45, 2.75) is 12.6 Å². The zero-order valence-electron chi connectivity index (χ0n) is 8.10. The van der Waals surface area contributed by atoms with Crippen molar-refractivity contribution < 1.29 is 14.9 Å². The predicted molar refractivity (Wildman–Crippen MR) is 52.9 cm³/mol. The molecule has 0 amide bonds. The number of aliphatic hydroxyl groups excluding tert-OH is 2. The molecular formula is C10H15NO3. The van der Waals surface area contributed by atoms with Gasteiger partial charge in [0.15, 0.2) is 0 Å². The van der Waals surface area contributed by atoms with Crippen LogP contribution in [-0.2, 0) is 6.61 Å². The molecule has 0 radical (unpaired) electrons. The van der Waals surface area contributed by atoms with Crippen LogP contribution in [0.3, 0.4) is 0 Å². The van der Waals surface area contributed by atoms with Gasteiger partial charge < -0.3 is 20.7 Å². The van der Waals surface area contributed by atoms with Gasteiger partial charge >= 0.3 is 0 Å². The lowest BCUT2D eigenvalue weighted by Crippen LogP contribution is -2.14. The summed E-state index contributed by atoms with van der Waals surface area (Å²) in [7, 11) is 1.54. The highest BCUT2D eigenvalue weighted by Gasteiger charge is 2.08. The largest absolute Gasteiger partial charge is 0.496 e. The Morgan fingerprint density at radius 1 is 1.43 bits per heavy atom. The van der Waals surface area contributed by atoms with Crippen LogP contribution in [0.15, 0.2) is 18.2 Å². The van der Waals surface area contributed by atoms with Crippen LogP contribution in [0.5, 0.6) is 5.75 Å². The van der Waals surface area contributed by atoms with Crippen molar-refractivity contribution in [2.24, 2.45) is 5.73 Å². The third kappa shape index (κ3) is 2.23. The van der Waals surface area contributed by atoms with E-state index in [-0.39, 0.29) is 13.2 Å². The van der Waals surface area contributed by atoms with Gasteiger partial charge in [-0.1, -0.05) is 6.07 Å². The Bertz CT molecular complexity index is 301. The second-order valence-corrected chi connectivity index (χ2v) is 3.02. The van der Waals surface area contributed by atoms with Gasteiger partial charge in [0.2, 0.25) is 0 Å². The first kappa shape index (κ1) is 11.0. The smallest absolute Gasteiger partial charge is 0.124 e. The van der Waals surface area contributed by atoms with Crippen LogP contribution < -0.4 is 10.5 Å². The van der Waals surface area contributed by atoms with Crippen molar-refractivity contribution in [3.05, 3.63) is 29.3 Å². The Kier molecular flexibility index (Phi) is 3.88. The molecule has 78 valence electrons. The summed E-state index contributed by atoms with van der Waals surface area (Å²) in [6.07, 6.45) is 0. The van der Waals surface area contributed by atoms with Gasteiger partial charge in [0.1, 0.15) is 5.75 Å². The molecule has 0 unspecified atom stereocenters. The summed E-state index contributed by atoms with van der Waals surface area (Å²) in [4.78, 5) is 0. The number of methoxy groups -OCH3 is 1. The number of hydrogen-bond donors (Lipinski definition) is 3. The molecule has 0 aliphatic carbocycles. The standard InChI is InChI=1S/C10H15NO3/c1-14-10-3-2-7(9(11)6-13)4-8(10)5-12/h2-4,9,12-13H,5-6,11H2,1H3/t9-/m1/s1. The highest BCUT2D eigenvalue weighted by atomic mass is 16.5. The number of ether oxygens (including phenoxy) is 1. The minimum absolute atomic E-state index is 0.102. The zero-order chi connectivity index (χ0) is 10.6. The van der Waals surface area contributed by atoms with Crippen molar-refractivity contribution in [2.75, 3.05) is 13.7 Å². The van der Waals surface area contributed by atoms with Crippen molar-refractivity contribution in [1.29, 1.82) is 0 Å². The highest BCUT2D eigenvalue weighted by molar-refractivity contribution is 5.37. The van der Waals surface area contributed by atoms with Crippen LogP contribution in [0.2, 0.25) is 0 Å². The van der Waals surface area contributed by atoms with Gasteiger partial charge in [0.05, 0.1) is 26.4 Å². The molecule has 4 N–H and O–H groups in total. The Labute approximate surface area is 82.9 Å². The lowest BCUT2D eigenvalue weighted by Gasteiger charge is -2.12. The molecule has 4 nitrogen and oxygen atoms in total. The van der Waals surface area contributed by atoms with E-state index < -0.39 is 6.04 Å². The quantitative estimate of drug-likeness (QED) is 0.643. The molecule has 0 aromatic heterocycles. The second-order valence-electron chi connectivity index (χ2n) is 3.02. The number of nitrogens with two attached hydrogens (primary N) is 1. The molecule has 0 saturated heterocycles. The molecule has 1 rings (SSSR count). The molecule has 0 aliphatic heterocycles. The molecule has 0 aliphatic rings. The molecule has 1 atom stereocenters. The minimum Gasteiger partial charge on any atom is -0.496 e. The van der Waals surface area contributed by atoms with Crippen LogP contribution >= 0.6 is 0 Å². The van der Waals surface area contributed by atoms with E-state index in [9.17, 15) is 0 Å². The number of aliphatic hydroxyl groups is 2. The van der Waals surface area contributed by atoms with Gasteiger partial charge in [-0.05, 0) is 17.7 Å². The minimum atomic E-state index is -0.411. The monoisotopic (exact) mass is 197 g/mol. The van der Waals surface area contributed by atoms with E-state index in [1.54, 1.807) is 25.3 Å². The van der Waals surface area contributed by atoms with Crippen LogP contribution in [-0.4, -0.2) is 23.9 Å². The normalized spacial score (nSPS) is 12.6. The van der Waals surface area contributed by atoms with E-state index in [1.807, 2.05) is 0 Å². The van der Waals surface area contributed by atoms with Crippen LogP contribution in [0, 0.1) is 0 Å². The fraction of sp³-hybridized carbons (Fsp3) is 0.400. The van der Waals surface area contributed by atoms with Gasteiger partial charge in [0, 0.05) is 5.56 Å². The summed E-state index contributed by atoms with van der Waals surface area (Å²) in [5, 5.41) is 17.9. The van der Waals surface area contributed by atoms with E-state index >= 15 is 0 Å². The van der Waals surface area contributed by atoms with Crippen molar-refractivity contribution in [3.63, 3.8) is 0 Å². The molecular weight excluding hydrogens is 182 g/mol. The highest BCUT2D eigenvalue weighted by Crippen LogP contribution is 2.22. The molecule has 0 saturated carbocycles. The maximum absolute atomic E-state index is 9.05. The average Bonchev–Trinajstić information content (AvgIpc) is 2.26. The van der Waals surface area contributed by atoms with Crippen molar-refractivity contribution >= 4 is 0 Å². The molecule has 0 spiro atoms. The Balaban J connectivity index is 3.01. The first-order chi connectivity index (χ1) is 6.72. The molecule has 0 bridgehead atoms. The molecule has 4 heteroatoms. The summed E-state index contributed by atoms with van der Waals surface area (Å²) in [6.45, 7) is -0.216. The van der Waals surface area contributed by atoms with E-state index in [0.29, 0.717) is 11.3 Å². The fourth-order valence-electron chi connectivity index (χ4n) is 1.26. The lowest BCUT2D eigenvalue weighted by molar-refractivity contribution is 0.265. The topological polar surface area (TPSA) is 75.7 Å². The molecule has 14 heavy (non-hydrogen) atoms. The summed E-state index contributed by atoms with van der Waals surface area (Å²) in [6, 6.07) is 4.83. The van der Waals surface area contributed by atoms with E-state index in [2.05, 4.69) is 0 Å². The number of benzene rings is 1. The summed E-state index contributed by atoms with van der Waals surface area (Å²) < 4.78 is 5.04. The van der Waals surface area contributed by atoms with Gasteiger partial charge in [-0.2, -0.15) is 0 Å². The van der Waals surface area contributed by atoms with Crippen molar-refractivity contribution in [3.8, 4) is 5.75 Å².